The molecule has 0 saturated carbocycles. The second-order valence-electron chi connectivity index (χ2n) is 9.23. The third-order valence-corrected chi connectivity index (χ3v) is 8.51. The first-order valence-electron chi connectivity index (χ1n) is 11.4. The minimum Gasteiger partial charge on any atom is -0.384 e. The van der Waals surface area contributed by atoms with Crippen molar-refractivity contribution in [3.8, 4) is 0 Å². The largest absolute Gasteiger partial charge is 0.384 e. The Kier molecular flexibility index (Phi) is 11.9. The molecule has 29 heavy (non-hydrogen) atoms. The van der Waals surface area contributed by atoms with Crippen LogP contribution in [0.15, 0.2) is 15.0 Å². The highest BCUT2D eigenvalue weighted by atomic mass is 79.9. The fraction of sp³-hybridized carbons (Fsp3) is 0.760. The maximum absolute atomic E-state index is 12.2. The molecule has 168 valence electrons. The molecule has 0 fully saturated rings. The van der Waals surface area contributed by atoms with Crippen molar-refractivity contribution in [2.24, 2.45) is 11.3 Å². The minimum absolute atomic E-state index is 0.169. The van der Waals surface area contributed by atoms with Crippen LogP contribution in [-0.4, -0.2) is 10.9 Å². The zero-order chi connectivity index (χ0) is 22.2. The standard InChI is InChI=1S/C21H32Br2OS.C4H10/c1-5-9-15(10-7-6-8-11-25)21(24)18-16(13-20(21,3)4)17(22)12-14(2)19(18)23;1-3-4-2/h12,15,24-25H,5-11,13H2,1-4H3;3-4H2,1-2H3. The summed E-state index contributed by atoms with van der Waals surface area (Å²) in [5, 5.41) is 12.2. The van der Waals surface area contributed by atoms with Gasteiger partial charge in [0.2, 0.25) is 0 Å². The van der Waals surface area contributed by atoms with Gasteiger partial charge >= 0.3 is 0 Å². The molecule has 2 unspecified atom stereocenters. The van der Waals surface area contributed by atoms with E-state index < -0.39 is 5.60 Å². The third-order valence-electron chi connectivity index (χ3n) is 6.47. The number of thiol groups is 1. The monoisotopic (exact) mass is 548 g/mol. The predicted octanol–water partition coefficient (Wildman–Crippen LogP) is 9.00. The van der Waals surface area contributed by atoms with Gasteiger partial charge in [-0.25, -0.2) is 0 Å². The normalized spacial score (nSPS) is 20.8. The highest BCUT2D eigenvalue weighted by molar-refractivity contribution is 9.11. The van der Waals surface area contributed by atoms with E-state index in [2.05, 4.69) is 92.1 Å². The predicted molar refractivity (Wildman–Crippen MR) is 139 cm³/mol. The lowest BCUT2D eigenvalue weighted by atomic mass is 9.65. The molecule has 1 aromatic carbocycles. The van der Waals surface area contributed by atoms with Crippen LogP contribution in [0.4, 0.5) is 0 Å². The zero-order valence-electron chi connectivity index (χ0n) is 19.4. The third kappa shape index (κ3) is 6.26. The summed E-state index contributed by atoms with van der Waals surface area (Å²) in [7, 11) is 0. The van der Waals surface area contributed by atoms with Gasteiger partial charge in [0.25, 0.3) is 0 Å². The number of halogens is 2. The SMILES string of the molecule is CCCC.CCCC(CCCCCS)C1(O)c2c(Br)c(C)cc(Br)c2CC1(C)C. The Morgan fingerprint density at radius 3 is 2.17 bits per heavy atom. The Morgan fingerprint density at radius 2 is 1.66 bits per heavy atom. The number of unbranched alkanes of at least 4 members (excludes halogenated alkanes) is 3. The van der Waals surface area contributed by atoms with Crippen molar-refractivity contribution < 1.29 is 5.11 Å². The molecule has 0 aromatic heterocycles. The topological polar surface area (TPSA) is 20.2 Å². The first-order valence-corrected chi connectivity index (χ1v) is 13.6. The molecule has 2 rings (SSSR count). The average molecular weight is 550 g/mol. The molecule has 0 aliphatic heterocycles. The summed E-state index contributed by atoms with van der Waals surface area (Å²) >= 11 is 11.9. The molecule has 1 aromatic rings. The summed E-state index contributed by atoms with van der Waals surface area (Å²) < 4.78 is 2.23. The smallest absolute Gasteiger partial charge is 0.0992 e. The molecular weight excluding hydrogens is 508 g/mol. The van der Waals surface area contributed by atoms with Crippen molar-refractivity contribution in [1.29, 1.82) is 0 Å². The molecule has 1 aliphatic rings. The van der Waals surface area contributed by atoms with E-state index in [1.165, 1.54) is 36.8 Å². The van der Waals surface area contributed by atoms with Crippen LogP contribution in [0.1, 0.15) is 103 Å². The van der Waals surface area contributed by atoms with Crippen molar-refractivity contribution in [1.82, 2.24) is 0 Å². The van der Waals surface area contributed by atoms with Gasteiger partial charge in [-0.05, 0) is 61.5 Å². The number of benzene rings is 1. The summed E-state index contributed by atoms with van der Waals surface area (Å²) in [6.07, 6.45) is 10.3. The van der Waals surface area contributed by atoms with Gasteiger partial charge < -0.3 is 5.11 Å². The van der Waals surface area contributed by atoms with E-state index in [1.807, 2.05) is 0 Å². The fourth-order valence-corrected chi connectivity index (χ4v) is 6.18. The number of fused-ring (bicyclic) bond motifs is 1. The Morgan fingerprint density at radius 1 is 1.03 bits per heavy atom. The van der Waals surface area contributed by atoms with Crippen molar-refractivity contribution >= 4 is 44.5 Å². The Bertz CT molecular complexity index is 642. The molecule has 0 saturated heterocycles. The van der Waals surface area contributed by atoms with Gasteiger partial charge in [0.05, 0.1) is 5.60 Å². The lowest BCUT2D eigenvalue weighted by Crippen LogP contribution is -2.45. The number of aliphatic hydroxyl groups is 1. The van der Waals surface area contributed by atoms with Crippen LogP contribution in [0.5, 0.6) is 0 Å². The van der Waals surface area contributed by atoms with Crippen LogP contribution in [0, 0.1) is 18.3 Å². The highest BCUT2D eigenvalue weighted by Gasteiger charge is 2.56. The number of hydrogen-bond acceptors (Lipinski definition) is 2. The van der Waals surface area contributed by atoms with Crippen LogP contribution in [-0.2, 0) is 12.0 Å². The molecular formula is C25H42Br2OS. The summed E-state index contributed by atoms with van der Waals surface area (Å²) in [5.74, 6) is 1.24. The summed E-state index contributed by atoms with van der Waals surface area (Å²) in [6, 6.07) is 2.17. The zero-order valence-corrected chi connectivity index (χ0v) is 23.4. The van der Waals surface area contributed by atoms with Crippen LogP contribution >= 0.6 is 44.5 Å². The van der Waals surface area contributed by atoms with E-state index >= 15 is 0 Å². The molecule has 1 aliphatic carbocycles. The fourth-order valence-electron chi connectivity index (χ4n) is 4.62. The average Bonchev–Trinajstić information content (AvgIpc) is 2.90. The van der Waals surface area contributed by atoms with Gasteiger partial charge in [0.15, 0.2) is 0 Å². The lowest BCUT2D eigenvalue weighted by molar-refractivity contribution is -0.114. The molecule has 4 heteroatoms. The molecule has 1 nitrogen and oxygen atoms in total. The maximum Gasteiger partial charge on any atom is 0.0992 e. The van der Waals surface area contributed by atoms with Crippen LogP contribution in [0.3, 0.4) is 0 Å². The lowest BCUT2D eigenvalue weighted by Gasteiger charge is -2.44. The van der Waals surface area contributed by atoms with E-state index in [4.69, 9.17) is 0 Å². The van der Waals surface area contributed by atoms with E-state index in [1.54, 1.807) is 0 Å². The molecule has 0 amide bonds. The number of rotatable bonds is 9. The van der Waals surface area contributed by atoms with Gasteiger partial charge in [0.1, 0.15) is 0 Å². The van der Waals surface area contributed by atoms with Gasteiger partial charge in [-0.3, -0.25) is 0 Å². The van der Waals surface area contributed by atoms with E-state index in [9.17, 15) is 5.11 Å². The van der Waals surface area contributed by atoms with Gasteiger partial charge in [-0.1, -0.05) is 98.6 Å². The molecule has 0 bridgehead atoms. The molecule has 1 N–H and O–H groups in total. The first-order chi connectivity index (χ1) is 13.6. The maximum atomic E-state index is 12.2. The van der Waals surface area contributed by atoms with Crippen LogP contribution in [0.25, 0.3) is 0 Å². The summed E-state index contributed by atoms with van der Waals surface area (Å²) in [4.78, 5) is 0. The Balaban J connectivity index is 0.000000960. The van der Waals surface area contributed by atoms with E-state index in [0.29, 0.717) is 5.92 Å². The number of aryl methyl sites for hydroxylation is 1. The molecule has 0 radical (unpaired) electrons. The first kappa shape index (κ1) is 27.5. The van der Waals surface area contributed by atoms with Crippen molar-refractivity contribution in [2.75, 3.05) is 5.75 Å². The molecule has 0 spiro atoms. The molecule has 2 atom stereocenters. The highest BCUT2D eigenvalue weighted by Crippen LogP contribution is 2.59. The minimum atomic E-state index is -0.785. The van der Waals surface area contributed by atoms with Crippen molar-refractivity contribution in [2.45, 2.75) is 105 Å². The van der Waals surface area contributed by atoms with Gasteiger partial charge in [-0.2, -0.15) is 12.6 Å². The second-order valence-corrected chi connectivity index (χ2v) is 11.3. The van der Waals surface area contributed by atoms with Gasteiger partial charge in [0, 0.05) is 19.9 Å². The van der Waals surface area contributed by atoms with E-state index in [-0.39, 0.29) is 5.41 Å². The number of hydrogen-bond donors (Lipinski definition) is 2. The quantitative estimate of drug-likeness (QED) is 0.232. The Hall–Kier alpha value is 0.490. The van der Waals surface area contributed by atoms with Crippen LogP contribution < -0.4 is 0 Å². The van der Waals surface area contributed by atoms with E-state index in [0.717, 1.165) is 52.4 Å². The van der Waals surface area contributed by atoms with Gasteiger partial charge in [-0.15, -0.1) is 0 Å². The summed E-state index contributed by atoms with van der Waals surface area (Å²) in [5.41, 5.74) is 2.65. The Labute approximate surface area is 202 Å². The second kappa shape index (κ2) is 12.5. The van der Waals surface area contributed by atoms with Crippen LogP contribution in [0.2, 0.25) is 0 Å². The molecule has 0 heterocycles. The summed E-state index contributed by atoms with van der Waals surface area (Å²) in [6.45, 7) is 13.2. The van der Waals surface area contributed by atoms with Crippen molar-refractivity contribution in [3.63, 3.8) is 0 Å². The van der Waals surface area contributed by atoms with Crippen molar-refractivity contribution in [3.05, 3.63) is 31.7 Å².